The normalized spacial score (nSPS) is 20.2. The van der Waals surface area contributed by atoms with Crippen molar-refractivity contribution in [3.63, 3.8) is 0 Å². The maximum absolute atomic E-state index is 13.1. The summed E-state index contributed by atoms with van der Waals surface area (Å²) in [5.74, 6) is 5.75. The van der Waals surface area contributed by atoms with Gasteiger partial charge in [-0.3, -0.25) is 5.84 Å². The van der Waals surface area contributed by atoms with Crippen molar-refractivity contribution in [1.29, 1.82) is 0 Å². The van der Waals surface area contributed by atoms with Gasteiger partial charge in [-0.25, -0.2) is 8.42 Å². The summed E-state index contributed by atoms with van der Waals surface area (Å²) in [4.78, 5) is 0.425. The van der Waals surface area contributed by atoms with Gasteiger partial charge in [-0.05, 0) is 55.9 Å². The molecule has 0 aliphatic carbocycles. The molecule has 0 saturated carbocycles. The van der Waals surface area contributed by atoms with Crippen LogP contribution in [0.3, 0.4) is 0 Å². The van der Waals surface area contributed by atoms with Crippen molar-refractivity contribution < 1.29 is 8.42 Å². The van der Waals surface area contributed by atoms with Crippen molar-refractivity contribution in [3.8, 4) is 0 Å². The molecule has 0 amide bonds. The van der Waals surface area contributed by atoms with Gasteiger partial charge < -0.3 is 5.43 Å². The van der Waals surface area contributed by atoms with Crippen LogP contribution in [0.15, 0.2) is 17.0 Å². The van der Waals surface area contributed by atoms with Gasteiger partial charge in [-0.15, -0.1) is 0 Å². The van der Waals surface area contributed by atoms with Gasteiger partial charge >= 0.3 is 0 Å². The second-order valence-corrected chi connectivity index (χ2v) is 7.98. The van der Waals surface area contributed by atoms with E-state index >= 15 is 0 Å². The fraction of sp³-hybridized carbons (Fsp3) is 0.600. The third kappa shape index (κ3) is 2.93. The molecule has 0 spiro atoms. The van der Waals surface area contributed by atoms with Gasteiger partial charge in [-0.1, -0.05) is 13.8 Å². The maximum atomic E-state index is 13.1. The van der Waals surface area contributed by atoms with E-state index in [0.717, 1.165) is 29.7 Å². The Kier molecular flexibility index (Phi) is 4.60. The molecular weight excluding hydrogens is 286 g/mol. The lowest BCUT2D eigenvalue weighted by Gasteiger charge is -2.28. The molecule has 1 unspecified atom stereocenters. The number of benzene rings is 1. The fourth-order valence-corrected chi connectivity index (χ4v) is 5.53. The van der Waals surface area contributed by atoms with Crippen LogP contribution in [0.25, 0.3) is 0 Å². The van der Waals surface area contributed by atoms with Crippen LogP contribution in [-0.4, -0.2) is 25.3 Å². The molecule has 0 aromatic heterocycles. The Balaban J connectivity index is 2.50. The summed E-state index contributed by atoms with van der Waals surface area (Å²) in [5, 5.41) is 0. The highest BCUT2D eigenvalue weighted by molar-refractivity contribution is 7.89. The molecule has 1 aromatic rings. The van der Waals surface area contributed by atoms with Crippen LogP contribution < -0.4 is 11.3 Å². The van der Waals surface area contributed by atoms with Crippen molar-refractivity contribution in [2.75, 3.05) is 12.0 Å². The molecule has 1 aliphatic heterocycles. The molecule has 0 radical (unpaired) electrons. The van der Waals surface area contributed by atoms with E-state index in [0.29, 0.717) is 17.4 Å². The predicted octanol–water partition coefficient (Wildman–Crippen LogP) is 2.40. The second kappa shape index (κ2) is 5.94. The number of nitrogens with zero attached hydrogens (tertiary/aromatic N) is 1. The SMILES string of the molecule is Cc1cc(NN)cc(C)c1S(=O)(=O)N1CCCC1C(C)C. The number of rotatable bonds is 4. The topological polar surface area (TPSA) is 75.4 Å². The fourth-order valence-electron chi connectivity index (χ4n) is 3.29. The highest BCUT2D eigenvalue weighted by Gasteiger charge is 2.38. The summed E-state index contributed by atoms with van der Waals surface area (Å²) in [6.45, 7) is 8.42. The largest absolute Gasteiger partial charge is 0.324 e. The quantitative estimate of drug-likeness (QED) is 0.661. The van der Waals surface area contributed by atoms with Crippen molar-refractivity contribution >= 4 is 15.7 Å². The summed E-state index contributed by atoms with van der Waals surface area (Å²) in [6, 6.07) is 3.65. The van der Waals surface area contributed by atoms with Crippen LogP contribution in [-0.2, 0) is 10.0 Å². The predicted molar refractivity (Wildman–Crippen MR) is 85.5 cm³/mol. The summed E-state index contributed by atoms with van der Waals surface area (Å²) < 4.78 is 27.8. The van der Waals surface area contributed by atoms with Gasteiger partial charge in [0.2, 0.25) is 10.0 Å². The van der Waals surface area contributed by atoms with E-state index < -0.39 is 10.0 Å². The molecule has 1 atom stereocenters. The number of hydrogen-bond acceptors (Lipinski definition) is 4. The van der Waals surface area contributed by atoms with Crippen LogP contribution in [0.5, 0.6) is 0 Å². The minimum atomic E-state index is -3.45. The van der Waals surface area contributed by atoms with Gasteiger partial charge in [0.15, 0.2) is 0 Å². The molecule has 0 bridgehead atoms. The van der Waals surface area contributed by atoms with Gasteiger partial charge in [0.25, 0.3) is 0 Å². The van der Waals surface area contributed by atoms with E-state index in [1.807, 2.05) is 13.8 Å². The first kappa shape index (κ1) is 16.3. The Morgan fingerprint density at radius 3 is 2.33 bits per heavy atom. The van der Waals surface area contributed by atoms with Crippen LogP contribution >= 0.6 is 0 Å². The minimum Gasteiger partial charge on any atom is -0.324 e. The van der Waals surface area contributed by atoms with Crippen LogP contribution in [0.2, 0.25) is 0 Å². The summed E-state index contributed by atoms with van der Waals surface area (Å²) in [7, 11) is -3.45. The number of sulfonamides is 1. The molecule has 3 N–H and O–H groups in total. The van der Waals surface area contributed by atoms with Crippen molar-refractivity contribution in [1.82, 2.24) is 4.31 Å². The zero-order chi connectivity index (χ0) is 15.8. The molecule has 21 heavy (non-hydrogen) atoms. The molecule has 118 valence electrons. The molecule has 1 fully saturated rings. The average molecular weight is 311 g/mol. The molecule has 1 aliphatic rings. The Bertz CT molecular complexity index is 603. The average Bonchev–Trinajstić information content (AvgIpc) is 2.87. The summed E-state index contributed by atoms with van der Waals surface area (Å²) >= 11 is 0. The number of hydrazine groups is 1. The molecular formula is C15H25N3O2S. The monoisotopic (exact) mass is 311 g/mol. The van der Waals surface area contributed by atoms with E-state index in [9.17, 15) is 8.42 Å². The lowest BCUT2D eigenvalue weighted by molar-refractivity contribution is 0.315. The second-order valence-electron chi connectivity index (χ2n) is 6.15. The van der Waals surface area contributed by atoms with Crippen LogP contribution in [0.1, 0.15) is 37.8 Å². The zero-order valence-corrected chi connectivity index (χ0v) is 14.0. The minimum absolute atomic E-state index is 0.0983. The van der Waals surface area contributed by atoms with Gasteiger partial charge in [0, 0.05) is 18.3 Å². The number of nitrogen functional groups attached to an aromatic ring is 1. The Labute approximate surface area is 127 Å². The van der Waals surface area contributed by atoms with Crippen LogP contribution in [0.4, 0.5) is 5.69 Å². The number of nitrogens with one attached hydrogen (secondary N) is 1. The smallest absolute Gasteiger partial charge is 0.243 e. The Hall–Kier alpha value is -1.11. The maximum Gasteiger partial charge on any atom is 0.243 e. The van der Waals surface area contributed by atoms with Gasteiger partial charge in [0.1, 0.15) is 0 Å². The van der Waals surface area contributed by atoms with Gasteiger partial charge in [0.05, 0.1) is 4.90 Å². The van der Waals surface area contributed by atoms with E-state index in [4.69, 9.17) is 5.84 Å². The van der Waals surface area contributed by atoms with Crippen LogP contribution in [0, 0.1) is 19.8 Å². The first-order chi connectivity index (χ1) is 9.78. The van der Waals surface area contributed by atoms with Crippen molar-refractivity contribution in [2.45, 2.75) is 51.5 Å². The van der Waals surface area contributed by atoms with E-state index in [2.05, 4.69) is 19.3 Å². The first-order valence-electron chi connectivity index (χ1n) is 7.38. The summed E-state index contributed by atoms with van der Waals surface area (Å²) in [6.07, 6.45) is 1.88. The Morgan fingerprint density at radius 1 is 1.29 bits per heavy atom. The lowest BCUT2D eigenvalue weighted by Crippen LogP contribution is -2.39. The molecule has 5 nitrogen and oxygen atoms in total. The zero-order valence-electron chi connectivity index (χ0n) is 13.2. The van der Waals surface area contributed by atoms with Crippen molar-refractivity contribution in [3.05, 3.63) is 23.3 Å². The third-order valence-corrected chi connectivity index (χ3v) is 6.44. The number of anilines is 1. The first-order valence-corrected chi connectivity index (χ1v) is 8.82. The molecule has 1 heterocycles. The molecule has 1 saturated heterocycles. The van der Waals surface area contributed by atoms with Gasteiger partial charge in [-0.2, -0.15) is 4.31 Å². The molecule has 1 aromatic carbocycles. The van der Waals surface area contributed by atoms with E-state index in [-0.39, 0.29) is 6.04 Å². The standard InChI is InChI=1S/C15H25N3O2S/c1-10(2)14-6-5-7-18(14)21(19,20)15-11(3)8-13(17-16)9-12(15)4/h8-10,14,17H,5-7,16H2,1-4H3. The summed E-state index contributed by atoms with van der Waals surface area (Å²) in [5.41, 5.74) is 4.77. The molecule has 2 rings (SSSR count). The number of nitrogens with two attached hydrogens (primary N) is 1. The number of hydrogen-bond donors (Lipinski definition) is 2. The van der Waals surface area contributed by atoms with Crippen molar-refractivity contribution in [2.24, 2.45) is 11.8 Å². The highest BCUT2D eigenvalue weighted by atomic mass is 32.2. The van der Waals surface area contributed by atoms with E-state index in [1.54, 1.807) is 16.4 Å². The third-order valence-electron chi connectivity index (χ3n) is 4.21. The van der Waals surface area contributed by atoms with E-state index in [1.165, 1.54) is 0 Å². The lowest BCUT2D eigenvalue weighted by atomic mass is 10.0. The Morgan fingerprint density at radius 2 is 1.86 bits per heavy atom. The number of aryl methyl sites for hydroxylation is 2. The molecule has 6 heteroatoms. The highest BCUT2D eigenvalue weighted by Crippen LogP contribution is 2.33.